The molecule has 3 aromatic rings. The van der Waals surface area contributed by atoms with E-state index in [4.69, 9.17) is 0 Å². The average Bonchev–Trinajstić information content (AvgIpc) is 2.59. The second-order valence-corrected chi connectivity index (χ2v) is 8.42. The zero-order chi connectivity index (χ0) is 19.6. The van der Waals surface area contributed by atoms with Crippen molar-refractivity contribution in [2.45, 2.75) is 19.9 Å². The molecule has 3 rings (SSSR count). The number of benzene rings is 3. The Kier molecular flexibility index (Phi) is 5.19. The number of hydrogen-bond donors (Lipinski definition) is 2. The lowest BCUT2D eigenvalue weighted by molar-refractivity contribution is 0.0939. The highest BCUT2D eigenvalue weighted by Gasteiger charge is 2.16. The van der Waals surface area contributed by atoms with Gasteiger partial charge in [0.05, 0.1) is 12.3 Å². The van der Waals surface area contributed by atoms with Gasteiger partial charge in [-0.3, -0.25) is 9.52 Å². The van der Waals surface area contributed by atoms with Crippen LogP contribution in [-0.2, 0) is 10.0 Å². The smallest absolute Gasteiger partial charge is 0.252 e. The molecule has 0 aliphatic carbocycles. The first-order valence-electron chi connectivity index (χ1n) is 8.61. The number of amides is 1. The fourth-order valence-electron chi connectivity index (χ4n) is 3.18. The van der Waals surface area contributed by atoms with Gasteiger partial charge in [0.25, 0.3) is 5.91 Å². The molecule has 0 saturated heterocycles. The van der Waals surface area contributed by atoms with E-state index in [1.54, 1.807) is 25.1 Å². The lowest BCUT2D eigenvalue weighted by atomic mass is 9.99. The van der Waals surface area contributed by atoms with Crippen LogP contribution in [0.4, 0.5) is 5.69 Å². The molecule has 0 bridgehead atoms. The third-order valence-corrected chi connectivity index (χ3v) is 5.02. The third kappa shape index (κ3) is 4.46. The van der Waals surface area contributed by atoms with Crippen LogP contribution in [0, 0.1) is 6.92 Å². The summed E-state index contributed by atoms with van der Waals surface area (Å²) in [5, 5.41) is 5.27. The first kappa shape index (κ1) is 18.9. The number of nitrogens with one attached hydrogen (secondary N) is 2. The van der Waals surface area contributed by atoms with Gasteiger partial charge in [-0.25, -0.2) is 8.42 Å². The molecule has 0 saturated carbocycles. The van der Waals surface area contributed by atoms with E-state index in [-0.39, 0.29) is 11.9 Å². The molecule has 6 heteroatoms. The SMILES string of the molecule is Cc1cc(NS(C)(=O)=O)ccc1C(=O)N[C@H](C)c1cccc2ccccc12. The van der Waals surface area contributed by atoms with Crippen LogP contribution < -0.4 is 10.0 Å². The van der Waals surface area contributed by atoms with Gasteiger partial charge in [-0.05, 0) is 53.9 Å². The zero-order valence-corrected chi connectivity index (χ0v) is 16.3. The molecule has 0 aliphatic heterocycles. The van der Waals surface area contributed by atoms with Crippen molar-refractivity contribution in [1.29, 1.82) is 0 Å². The van der Waals surface area contributed by atoms with Crippen LogP contribution >= 0.6 is 0 Å². The molecule has 5 nitrogen and oxygen atoms in total. The Labute approximate surface area is 159 Å². The van der Waals surface area contributed by atoms with Crippen molar-refractivity contribution in [2.75, 3.05) is 11.0 Å². The predicted octanol–water partition coefficient (Wildman–Crippen LogP) is 4.01. The monoisotopic (exact) mass is 382 g/mol. The minimum Gasteiger partial charge on any atom is -0.345 e. The van der Waals surface area contributed by atoms with Crippen LogP contribution in [0.1, 0.15) is 34.5 Å². The normalized spacial score (nSPS) is 12.6. The zero-order valence-electron chi connectivity index (χ0n) is 15.5. The van der Waals surface area contributed by atoms with E-state index in [1.165, 1.54) is 0 Å². The largest absolute Gasteiger partial charge is 0.345 e. The molecule has 0 aromatic heterocycles. The molecule has 0 fully saturated rings. The lowest BCUT2D eigenvalue weighted by Gasteiger charge is -2.18. The molecule has 0 unspecified atom stereocenters. The van der Waals surface area contributed by atoms with Gasteiger partial charge in [0, 0.05) is 11.3 Å². The molecule has 140 valence electrons. The van der Waals surface area contributed by atoms with Crippen LogP contribution in [-0.4, -0.2) is 20.6 Å². The number of fused-ring (bicyclic) bond motifs is 1. The molecule has 3 aromatic carbocycles. The summed E-state index contributed by atoms with van der Waals surface area (Å²) in [5.74, 6) is -0.196. The van der Waals surface area contributed by atoms with E-state index in [1.807, 2.05) is 49.4 Å². The second kappa shape index (κ2) is 7.40. The fourth-order valence-corrected chi connectivity index (χ4v) is 3.73. The minimum absolute atomic E-state index is 0.170. The van der Waals surface area contributed by atoms with Gasteiger partial charge in [0.2, 0.25) is 10.0 Å². The van der Waals surface area contributed by atoms with Gasteiger partial charge in [-0.1, -0.05) is 42.5 Å². The Morgan fingerprint density at radius 2 is 1.70 bits per heavy atom. The number of aryl methyl sites for hydroxylation is 1. The van der Waals surface area contributed by atoms with Gasteiger partial charge < -0.3 is 5.32 Å². The predicted molar refractivity (Wildman–Crippen MR) is 109 cm³/mol. The summed E-state index contributed by atoms with van der Waals surface area (Å²) in [6, 6.07) is 18.8. The van der Waals surface area contributed by atoms with Crippen molar-refractivity contribution in [3.63, 3.8) is 0 Å². The number of hydrogen-bond acceptors (Lipinski definition) is 3. The summed E-state index contributed by atoms with van der Waals surface area (Å²) >= 11 is 0. The van der Waals surface area contributed by atoms with Gasteiger partial charge in [0.15, 0.2) is 0 Å². The van der Waals surface area contributed by atoms with Crippen molar-refractivity contribution in [1.82, 2.24) is 5.32 Å². The minimum atomic E-state index is -3.35. The number of anilines is 1. The maximum Gasteiger partial charge on any atom is 0.252 e. The molecular weight excluding hydrogens is 360 g/mol. The van der Waals surface area contributed by atoms with E-state index in [0.29, 0.717) is 16.8 Å². The summed E-state index contributed by atoms with van der Waals surface area (Å²) in [6.45, 7) is 3.74. The van der Waals surface area contributed by atoms with E-state index in [0.717, 1.165) is 22.6 Å². The Hall–Kier alpha value is -2.86. The maximum absolute atomic E-state index is 12.7. The van der Waals surface area contributed by atoms with Gasteiger partial charge in [-0.2, -0.15) is 0 Å². The Bertz CT molecular complexity index is 1100. The van der Waals surface area contributed by atoms with Gasteiger partial charge >= 0.3 is 0 Å². The van der Waals surface area contributed by atoms with Crippen LogP contribution in [0.2, 0.25) is 0 Å². The van der Waals surface area contributed by atoms with Crippen molar-refractivity contribution < 1.29 is 13.2 Å². The molecule has 1 atom stereocenters. The highest BCUT2D eigenvalue weighted by atomic mass is 32.2. The van der Waals surface area contributed by atoms with Crippen LogP contribution in [0.3, 0.4) is 0 Å². The first-order valence-corrected chi connectivity index (χ1v) is 10.5. The topological polar surface area (TPSA) is 75.3 Å². The Morgan fingerprint density at radius 3 is 2.41 bits per heavy atom. The summed E-state index contributed by atoms with van der Waals surface area (Å²) in [6.07, 6.45) is 1.09. The number of carbonyl (C=O) groups excluding carboxylic acids is 1. The summed E-state index contributed by atoms with van der Waals surface area (Å²) in [7, 11) is -3.35. The Morgan fingerprint density at radius 1 is 1.00 bits per heavy atom. The second-order valence-electron chi connectivity index (χ2n) is 6.67. The van der Waals surface area contributed by atoms with Crippen molar-refractivity contribution in [3.05, 3.63) is 77.4 Å². The molecule has 0 radical (unpaired) electrons. The van der Waals surface area contributed by atoms with Crippen molar-refractivity contribution in [3.8, 4) is 0 Å². The summed E-state index contributed by atoms with van der Waals surface area (Å²) in [5.41, 5.74) is 2.70. The average molecular weight is 382 g/mol. The number of rotatable bonds is 5. The van der Waals surface area contributed by atoms with E-state index in [9.17, 15) is 13.2 Å². The quantitative estimate of drug-likeness (QED) is 0.700. The molecular formula is C21H22N2O3S. The standard InChI is InChI=1S/C21H22N2O3S/c1-14-13-17(23-27(3,25)26)11-12-18(14)21(24)22-15(2)19-10-6-8-16-7-4-5-9-20(16)19/h4-13,15,23H,1-3H3,(H,22,24)/t15-/m1/s1. The highest BCUT2D eigenvalue weighted by molar-refractivity contribution is 7.92. The fraction of sp³-hybridized carbons (Fsp3) is 0.190. The van der Waals surface area contributed by atoms with Gasteiger partial charge in [0.1, 0.15) is 0 Å². The van der Waals surface area contributed by atoms with Crippen LogP contribution in [0.15, 0.2) is 60.7 Å². The molecule has 0 aliphatic rings. The summed E-state index contributed by atoms with van der Waals surface area (Å²) in [4.78, 5) is 12.7. The van der Waals surface area contributed by atoms with E-state index in [2.05, 4.69) is 10.0 Å². The summed E-state index contributed by atoms with van der Waals surface area (Å²) < 4.78 is 25.1. The highest BCUT2D eigenvalue weighted by Crippen LogP contribution is 2.25. The van der Waals surface area contributed by atoms with E-state index < -0.39 is 10.0 Å². The maximum atomic E-state index is 12.7. The van der Waals surface area contributed by atoms with Crippen LogP contribution in [0.5, 0.6) is 0 Å². The van der Waals surface area contributed by atoms with Gasteiger partial charge in [-0.15, -0.1) is 0 Å². The molecule has 0 spiro atoms. The van der Waals surface area contributed by atoms with Crippen molar-refractivity contribution >= 4 is 32.4 Å². The lowest BCUT2D eigenvalue weighted by Crippen LogP contribution is -2.27. The third-order valence-electron chi connectivity index (χ3n) is 4.41. The first-order chi connectivity index (χ1) is 12.7. The molecule has 0 heterocycles. The van der Waals surface area contributed by atoms with Crippen molar-refractivity contribution in [2.24, 2.45) is 0 Å². The molecule has 27 heavy (non-hydrogen) atoms. The molecule has 1 amide bonds. The van der Waals surface area contributed by atoms with E-state index >= 15 is 0 Å². The number of carbonyl (C=O) groups is 1. The molecule has 2 N–H and O–H groups in total. The Balaban J connectivity index is 1.82. The van der Waals surface area contributed by atoms with Crippen LogP contribution in [0.25, 0.3) is 10.8 Å². The number of sulfonamides is 1.